The number of ether oxygens (including phenoxy) is 4. The van der Waals surface area contributed by atoms with Crippen LogP contribution in [0.15, 0.2) is 60.8 Å². The normalized spacial score (nSPS) is 26.2. The quantitative estimate of drug-likeness (QED) is 0.0206. The van der Waals surface area contributed by atoms with Crippen molar-refractivity contribution in [3.05, 3.63) is 60.8 Å². The number of allylic oxidation sites excluding steroid dienone is 9. The maximum absolute atomic E-state index is 13.2. The van der Waals surface area contributed by atoms with Crippen molar-refractivity contribution >= 4 is 5.91 Å². The molecule has 0 aromatic carbocycles. The van der Waals surface area contributed by atoms with E-state index in [1.807, 2.05) is 6.08 Å². The van der Waals surface area contributed by atoms with Crippen LogP contribution in [-0.2, 0) is 23.7 Å². The maximum Gasteiger partial charge on any atom is 0.220 e. The van der Waals surface area contributed by atoms with E-state index in [0.29, 0.717) is 6.42 Å². The van der Waals surface area contributed by atoms with Crippen LogP contribution in [0.2, 0.25) is 0 Å². The number of aliphatic hydroxyl groups is 8. The highest BCUT2D eigenvalue weighted by Crippen LogP contribution is 2.30. The Labute approximate surface area is 428 Å². The smallest absolute Gasteiger partial charge is 0.220 e. The third-order valence-corrected chi connectivity index (χ3v) is 13.5. The SMILES string of the molecule is CC/C=C\C/C=C\C/C=C\C/C=C\CCCCCCC(=O)NC(COC1OC(CO)C(OC2OC(CO)C(O)C(O)C2O)C(O)C1O)C(O)/C=C/CCCCCCCCCCCCCCCCCCCC. The number of carbonyl (C=O) groups excluding carboxylic acids is 1. The highest BCUT2D eigenvalue weighted by molar-refractivity contribution is 5.76. The number of aliphatic hydroxyl groups excluding tert-OH is 8. The second-order valence-electron chi connectivity index (χ2n) is 19.7. The van der Waals surface area contributed by atoms with E-state index >= 15 is 0 Å². The molecular weight excluding hydrogens is 907 g/mol. The highest BCUT2D eigenvalue weighted by Gasteiger charge is 2.51. The van der Waals surface area contributed by atoms with Crippen LogP contribution < -0.4 is 5.32 Å². The number of nitrogens with one attached hydrogen (secondary N) is 1. The molecule has 14 heteroatoms. The molecule has 2 aliphatic heterocycles. The summed E-state index contributed by atoms with van der Waals surface area (Å²) >= 11 is 0. The van der Waals surface area contributed by atoms with Crippen molar-refractivity contribution in [1.82, 2.24) is 5.32 Å². The molecular formula is C57H101NO13. The first kappa shape index (κ1) is 64.8. The van der Waals surface area contributed by atoms with Crippen molar-refractivity contribution in [1.29, 1.82) is 0 Å². The highest BCUT2D eigenvalue weighted by atomic mass is 16.7. The van der Waals surface area contributed by atoms with Gasteiger partial charge < -0.3 is 65.1 Å². The van der Waals surface area contributed by atoms with Crippen LogP contribution in [0.25, 0.3) is 0 Å². The van der Waals surface area contributed by atoms with Gasteiger partial charge in [0.2, 0.25) is 5.91 Å². The summed E-state index contributed by atoms with van der Waals surface area (Å²) in [7, 11) is 0. The molecule has 2 aliphatic rings. The van der Waals surface area contributed by atoms with Crippen LogP contribution in [-0.4, -0.2) is 140 Å². The van der Waals surface area contributed by atoms with Crippen molar-refractivity contribution in [2.45, 2.75) is 274 Å². The maximum atomic E-state index is 13.2. The second-order valence-corrected chi connectivity index (χ2v) is 19.7. The lowest BCUT2D eigenvalue weighted by Gasteiger charge is -2.46. The minimum atomic E-state index is -1.79. The van der Waals surface area contributed by atoms with E-state index in [1.165, 1.54) is 103 Å². The monoisotopic (exact) mass is 1010 g/mol. The van der Waals surface area contributed by atoms with Gasteiger partial charge in [-0.1, -0.05) is 197 Å². The van der Waals surface area contributed by atoms with Gasteiger partial charge in [-0.2, -0.15) is 0 Å². The third-order valence-electron chi connectivity index (χ3n) is 13.5. The summed E-state index contributed by atoms with van der Waals surface area (Å²) in [5.74, 6) is -0.264. The molecule has 12 unspecified atom stereocenters. The van der Waals surface area contributed by atoms with Crippen molar-refractivity contribution in [2.24, 2.45) is 0 Å². The molecule has 12 atom stereocenters. The molecule has 0 aromatic rings. The topological polar surface area (TPSA) is 228 Å². The zero-order valence-corrected chi connectivity index (χ0v) is 43.9. The number of hydrogen-bond donors (Lipinski definition) is 9. The molecule has 0 aliphatic carbocycles. The van der Waals surface area contributed by atoms with Gasteiger partial charge in [-0.3, -0.25) is 4.79 Å². The Morgan fingerprint density at radius 2 is 0.972 bits per heavy atom. The minimum absolute atomic E-state index is 0.251. The van der Waals surface area contributed by atoms with Gasteiger partial charge in [-0.15, -0.1) is 0 Å². The van der Waals surface area contributed by atoms with Crippen molar-refractivity contribution < 1.29 is 64.6 Å². The van der Waals surface area contributed by atoms with Gasteiger partial charge in [-0.25, -0.2) is 0 Å². The number of rotatable bonds is 43. The molecule has 2 saturated heterocycles. The van der Waals surface area contributed by atoms with Crippen LogP contribution >= 0.6 is 0 Å². The van der Waals surface area contributed by atoms with Crippen LogP contribution in [0.1, 0.15) is 200 Å². The predicted octanol–water partition coefficient (Wildman–Crippen LogP) is 8.61. The van der Waals surface area contributed by atoms with Crippen LogP contribution in [0.3, 0.4) is 0 Å². The first-order valence-corrected chi connectivity index (χ1v) is 28.0. The summed E-state index contributed by atoms with van der Waals surface area (Å²) in [6, 6.07) is -0.930. The van der Waals surface area contributed by atoms with E-state index in [1.54, 1.807) is 6.08 Å². The van der Waals surface area contributed by atoms with Gasteiger partial charge in [-0.05, 0) is 57.8 Å². The fourth-order valence-corrected chi connectivity index (χ4v) is 8.93. The third kappa shape index (κ3) is 29.4. The molecule has 2 fully saturated rings. The molecule has 9 N–H and O–H groups in total. The molecule has 0 saturated carbocycles. The Kier molecular flexibility index (Phi) is 39.2. The number of carbonyl (C=O) groups is 1. The Morgan fingerprint density at radius 3 is 1.49 bits per heavy atom. The number of amides is 1. The predicted molar refractivity (Wildman–Crippen MR) is 281 cm³/mol. The number of unbranched alkanes of at least 4 members (excludes halogenated alkanes) is 22. The van der Waals surface area contributed by atoms with Gasteiger partial charge in [0.05, 0.1) is 32.0 Å². The van der Waals surface area contributed by atoms with E-state index < -0.39 is 86.8 Å². The van der Waals surface area contributed by atoms with Gasteiger partial charge in [0.1, 0.15) is 48.8 Å². The Balaban J connectivity index is 1.82. The molecule has 14 nitrogen and oxygen atoms in total. The van der Waals surface area contributed by atoms with Gasteiger partial charge in [0, 0.05) is 6.42 Å². The largest absolute Gasteiger partial charge is 0.394 e. The van der Waals surface area contributed by atoms with Crippen molar-refractivity contribution in [3.8, 4) is 0 Å². The number of hydrogen-bond acceptors (Lipinski definition) is 13. The molecule has 0 aromatic heterocycles. The molecule has 0 spiro atoms. The molecule has 71 heavy (non-hydrogen) atoms. The second kappa shape index (κ2) is 43.0. The Bertz CT molecular complexity index is 1420. The van der Waals surface area contributed by atoms with Gasteiger partial charge >= 0.3 is 0 Å². The summed E-state index contributed by atoms with van der Waals surface area (Å²) < 4.78 is 22.7. The minimum Gasteiger partial charge on any atom is -0.394 e. The van der Waals surface area contributed by atoms with Gasteiger partial charge in [0.25, 0.3) is 0 Å². The van der Waals surface area contributed by atoms with Gasteiger partial charge in [0.15, 0.2) is 12.6 Å². The first-order valence-electron chi connectivity index (χ1n) is 28.0. The Morgan fingerprint density at radius 1 is 0.521 bits per heavy atom. The molecule has 412 valence electrons. The summed E-state index contributed by atoms with van der Waals surface area (Å²) in [5.41, 5.74) is 0. The lowest BCUT2D eigenvalue weighted by Crippen LogP contribution is -2.65. The van der Waals surface area contributed by atoms with E-state index in [4.69, 9.17) is 18.9 Å². The van der Waals surface area contributed by atoms with E-state index in [-0.39, 0.29) is 18.9 Å². The molecule has 2 heterocycles. The lowest BCUT2D eigenvalue weighted by molar-refractivity contribution is -0.359. The molecule has 0 bridgehead atoms. The van der Waals surface area contributed by atoms with Crippen LogP contribution in [0, 0.1) is 0 Å². The zero-order valence-electron chi connectivity index (χ0n) is 43.9. The standard InChI is InChI=1S/C57H101NO13/c1-3-5-7-9-11-13-15-17-19-21-22-23-25-26-28-30-32-34-36-38-40-46(61)45(58-49(62)41-39-37-35-33-31-29-27-24-20-18-16-14-12-10-8-6-4-2)44-68-56-54(67)52(65)55(48(43-60)70-56)71-57-53(66)51(64)50(63)47(42-59)69-57/h6,8,12,14,18,20,27,29,38,40,45-48,50-57,59-61,63-67H,3-5,7,9-11,13,15-17,19,21-26,28,30-37,39,41-44H2,1-2H3,(H,58,62)/b8-6-,14-12-,20-18-,29-27-,40-38+. The zero-order chi connectivity index (χ0) is 51.7. The van der Waals surface area contributed by atoms with Crippen molar-refractivity contribution in [3.63, 3.8) is 0 Å². The summed E-state index contributed by atoms with van der Waals surface area (Å²) in [6.07, 6.45) is 36.8. The summed E-state index contributed by atoms with van der Waals surface area (Å²) in [6.45, 7) is 2.66. The Hall–Kier alpha value is -2.31. The lowest BCUT2D eigenvalue weighted by atomic mass is 9.97. The van der Waals surface area contributed by atoms with E-state index in [0.717, 1.165) is 70.6 Å². The molecule has 2 rings (SSSR count). The summed E-state index contributed by atoms with van der Waals surface area (Å²) in [5, 5.41) is 87.0. The van der Waals surface area contributed by atoms with E-state index in [2.05, 4.69) is 67.8 Å². The summed E-state index contributed by atoms with van der Waals surface area (Å²) in [4.78, 5) is 13.2. The fourth-order valence-electron chi connectivity index (χ4n) is 8.93. The van der Waals surface area contributed by atoms with Crippen LogP contribution in [0.5, 0.6) is 0 Å². The molecule has 0 radical (unpaired) electrons. The van der Waals surface area contributed by atoms with E-state index in [9.17, 15) is 45.6 Å². The average Bonchev–Trinajstić information content (AvgIpc) is 3.37. The first-order chi connectivity index (χ1) is 34.6. The van der Waals surface area contributed by atoms with Crippen LogP contribution in [0.4, 0.5) is 0 Å². The average molecular weight is 1010 g/mol. The molecule has 1 amide bonds. The van der Waals surface area contributed by atoms with Crippen molar-refractivity contribution in [2.75, 3.05) is 19.8 Å². The fraction of sp³-hybridized carbons (Fsp3) is 0.807.